The minimum Gasteiger partial charge on any atom is -0.505 e. The second kappa shape index (κ2) is 7.35. The highest BCUT2D eigenvalue weighted by molar-refractivity contribution is 6.31. The normalized spacial score (nSPS) is 12.1. The van der Waals surface area contributed by atoms with Crippen LogP contribution in [0.15, 0.2) is 41.3 Å². The van der Waals surface area contributed by atoms with Crippen LogP contribution in [0.25, 0.3) is 5.52 Å². The van der Waals surface area contributed by atoms with Crippen molar-refractivity contribution in [2.45, 2.75) is 19.5 Å². The van der Waals surface area contributed by atoms with E-state index >= 15 is 0 Å². The van der Waals surface area contributed by atoms with Gasteiger partial charge in [0.1, 0.15) is 22.9 Å². The first-order valence-corrected chi connectivity index (χ1v) is 8.48. The van der Waals surface area contributed by atoms with E-state index in [0.29, 0.717) is 5.56 Å². The largest absolute Gasteiger partial charge is 0.505 e. The molecule has 3 N–H and O–H groups in total. The van der Waals surface area contributed by atoms with Crippen molar-refractivity contribution in [3.8, 4) is 5.75 Å². The third-order valence-corrected chi connectivity index (χ3v) is 4.35. The summed E-state index contributed by atoms with van der Waals surface area (Å²) in [5, 5.41) is 21.7. The summed E-state index contributed by atoms with van der Waals surface area (Å²) in [6, 6.07) is 5.47. The van der Waals surface area contributed by atoms with Crippen molar-refractivity contribution in [3.63, 3.8) is 0 Å². The molecule has 0 aliphatic heterocycles. The fraction of sp³-hybridized carbons (Fsp3) is 0.167. The van der Waals surface area contributed by atoms with Crippen LogP contribution in [0.4, 0.5) is 4.39 Å². The molecule has 3 aromatic rings. The number of hydrogen-bond donors (Lipinski definition) is 3. The van der Waals surface area contributed by atoms with Crippen LogP contribution in [0.5, 0.6) is 5.75 Å². The third kappa shape index (κ3) is 3.56. The van der Waals surface area contributed by atoms with Crippen LogP contribution >= 0.6 is 11.6 Å². The van der Waals surface area contributed by atoms with E-state index < -0.39 is 40.6 Å². The highest BCUT2D eigenvalue weighted by Gasteiger charge is 2.25. The fourth-order valence-corrected chi connectivity index (χ4v) is 2.89. The number of nitrogens with one attached hydrogen (secondary N) is 1. The Kier molecular flexibility index (Phi) is 5.10. The van der Waals surface area contributed by atoms with E-state index in [2.05, 4.69) is 5.32 Å². The van der Waals surface area contributed by atoms with Gasteiger partial charge >= 0.3 is 5.97 Å². The standard InChI is InChI=1S/C18H15ClFN3O5/c1-9(18(27)28)21-16(25)14-15(24)13-6-11(19)8-22(13)23(17(14)26)7-10-2-4-12(20)5-3-10/h2-6,8-9,24H,7H2,1H3,(H,21,25)(H,27,28). The lowest BCUT2D eigenvalue weighted by molar-refractivity contribution is -0.138. The molecule has 146 valence electrons. The van der Waals surface area contributed by atoms with E-state index in [4.69, 9.17) is 16.7 Å². The molecule has 28 heavy (non-hydrogen) atoms. The van der Waals surface area contributed by atoms with Crippen LogP contribution in [0, 0.1) is 5.82 Å². The Labute approximate surface area is 162 Å². The molecule has 0 saturated carbocycles. The summed E-state index contributed by atoms with van der Waals surface area (Å²) in [7, 11) is 0. The number of hydrogen-bond acceptors (Lipinski definition) is 4. The van der Waals surface area contributed by atoms with Crippen molar-refractivity contribution in [2.24, 2.45) is 0 Å². The maximum absolute atomic E-state index is 13.1. The van der Waals surface area contributed by atoms with Gasteiger partial charge in [-0.3, -0.25) is 18.9 Å². The number of fused-ring (bicyclic) bond motifs is 1. The van der Waals surface area contributed by atoms with Crippen LogP contribution < -0.4 is 10.9 Å². The molecule has 0 saturated heterocycles. The van der Waals surface area contributed by atoms with Gasteiger partial charge in [0.25, 0.3) is 11.5 Å². The van der Waals surface area contributed by atoms with Gasteiger partial charge in [-0.1, -0.05) is 23.7 Å². The number of carboxylic acids is 1. The van der Waals surface area contributed by atoms with Gasteiger partial charge in [0.15, 0.2) is 5.75 Å². The van der Waals surface area contributed by atoms with Gasteiger partial charge in [0.05, 0.1) is 11.6 Å². The number of carboxylic acid groups (broad SMARTS) is 1. The Bertz CT molecular complexity index is 1140. The number of aromatic hydroxyl groups is 1. The molecule has 0 radical (unpaired) electrons. The Hall–Kier alpha value is -3.33. The lowest BCUT2D eigenvalue weighted by Crippen LogP contribution is -2.42. The number of nitrogens with zero attached hydrogens (tertiary/aromatic N) is 2. The molecule has 1 unspecified atom stereocenters. The van der Waals surface area contributed by atoms with Crippen LogP contribution in [0.2, 0.25) is 5.02 Å². The first-order chi connectivity index (χ1) is 13.2. The molecule has 2 aromatic heterocycles. The topological polar surface area (TPSA) is 113 Å². The predicted octanol–water partition coefficient (Wildman–Crippen LogP) is 1.85. The number of halogens is 2. The third-order valence-electron chi connectivity index (χ3n) is 4.15. The molecule has 2 heterocycles. The molecule has 1 amide bonds. The van der Waals surface area contributed by atoms with Gasteiger partial charge in [0.2, 0.25) is 0 Å². The van der Waals surface area contributed by atoms with Crippen LogP contribution in [0.3, 0.4) is 0 Å². The zero-order chi connectivity index (χ0) is 20.6. The Balaban J connectivity index is 2.17. The molecule has 1 aromatic carbocycles. The second-order valence-corrected chi connectivity index (χ2v) is 6.57. The van der Waals surface area contributed by atoms with Crippen molar-refractivity contribution in [1.82, 2.24) is 14.5 Å². The Morgan fingerprint density at radius 3 is 2.54 bits per heavy atom. The first-order valence-electron chi connectivity index (χ1n) is 8.10. The van der Waals surface area contributed by atoms with Crippen LogP contribution in [-0.2, 0) is 11.3 Å². The summed E-state index contributed by atoms with van der Waals surface area (Å²) >= 11 is 5.99. The molecule has 0 fully saturated rings. The van der Waals surface area contributed by atoms with Crippen molar-refractivity contribution >= 4 is 29.0 Å². The van der Waals surface area contributed by atoms with E-state index in [-0.39, 0.29) is 17.1 Å². The summed E-state index contributed by atoms with van der Waals surface area (Å²) in [5.74, 6) is -3.41. The highest BCUT2D eigenvalue weighted by atomic mass is 35.5. The number of carbonyl (C=O) groups excluding carboxylic acids is 1. The highest BCUT2D eigenvalue weighted by Crippen LogP contribution is 2.25. The lowest BCUT2D eigenvalue weighted by Gasteiger charge is -2.15. The molecule has 10 heteroatoms. The maximum atomic E-state index is 13.1. The van der Waals surface area contributed by atoms with E-state index in [1.54, 1.807) is 0 Å². The summed E-state index contributed by atoms with van der Waals surface area (Å²) < 4.78 is 15.6. The van der Waals surface area contributed by atoms with Crippen LogP contribution in [0.1, 0.15) is 22.8 Å². The molecule has 3 rings (SSSR count). The molecule has 0 aliphatic carbocycles. The molecule has 0 bridgehead atoms. The van der Waals surface area contributed by atoms with E-state index in [0.717, 1.165) is 4.68 Å². The SMILES string of the molecule is CC(NC(=O)c1c(O)c2cc(Cl)cn2n(Cc2ccc(F)cc2)c1=O)C(=O)O. The van der Waals surface area contributed by atoms with Gasteiger partial charge in [-0.15, -0.1) is 0 Å². The Morgan fingerprint density at radius 2 is 1.93 bits per heavy atom. The zero-order valence-electron chi connectivity index (χ0n) is 14.5. The number of aliphatic carboxylic acids is 1. The summed E-state index contributed by atoms with van der Waals surface area (Å²) in [4.78, 5) is 36.4. The number of amides is 1. The van der Waals surface area contributed by atoms with Crippen molar-refractivity contribution in [2.75, 3.05) is 0 Å². The van der Waals surface area contributed by atoms with Crippen molar-refractivity contribution < 1.29 is 24.2 Å². The first kappa shape index (κ1) is 19.4. The van der Waals surface area contributed by atoms with E-state index in [1.165, 1.54) is 48.0 Å². The average Bonchev–Trinajstić information content (AvgIpc) is 3.02. The maximum Gasteiger partial charge on any atom is 0.325 e. The molecular weight excluding hydrogens is 393 g/mol. The summed E-state index contributed by atoms with van der Waals surface area (Å²) in [5.41, 5.74) is -0.834. The van der Waals surface area contributed by atoms with Gasteiger partial charge in [-0.25, -0.2) is 9.07 Å². The molecule has 1 atom stereocenters. The van der Waals surface area contributed by atoms with Crippen molar-refractivity contribution in [3.05, 3.63) is 68.8 Å². The fourth-order valence-electron chi connectivity index (χ4n) is 2.70. The van der Waals surface area contributed by atoms with Crippen LogP contribution in [-0.4, -0.2) is 37.3 Å². The van der Waals surface area contributed by atoms with Gasteiger partial charge < -0.3 is 15.5 Å². The minimum atomic E-state index is -1.30. The van der Waals surface area contributed by atoms with E-state index in [9.17, 15) is 23.9 Å². The number of rotatable bonds is 5. The van der Waals surface area contributed by atoms with Gasteiger partial charge in [0, 0.05) is 6.20 Å². The number of carbonyl (C=O) groups is 2. The lowest BCUT2D eigenvalue weighted by atomic mass is 10.2. The molecule has 8 nitrogen and oxygen atoms in total. The second-order valence-electron chi connectivity index (χ2n) is 6.13. The number of benzene rings is 1. The average molecular weight is 408 g/mol. The summed E-state index contributed by atoms with van der Waals surface area (Å²) in [6.45, 7) is 1.18. The molecule has 0 spiro atoms. The molecular formula is C18H15ClFN3O5. The van der Waals surface area contributed by atoms with E-state index in [1.807, 2.05) is 0 Å². The zero-order valence-corrected chi connectivity index (χ0v) is 15.3. The quantitative estimate of drug-likeness (QED) is 0.597. The minimum absolute atomic E-state index is 0.0460. The summed E-state index contributed by atoms with van der Waals surface area (Å²) in [6.07, 6.45) is 1.38. The predicted molar refractivity (Wildman–Crippen MR) is 98.4 cm³/mol. The van der Waals surface area contributed by atoms with Gasteiger partial charge in [-0.05, 0) is 30.7 Å². The van der Waals surface area contributed by atoms with Crippen molar-refractivity contribution in [1.29, 1.82) is 0 Å². The molecule has 0 aliphatic rings. The Morgan fingerprint density at radius 1 is 1.29 bits per heavy atom. The smallest absolute Gasteiger partial charge is 0.325 e. The monoisotopic (exact) mass is 407 g/mol. The van der Waals surface area contributed by atoms with Gasteiger partial charge in [-0.2, -0.15) is 0 Å². The number of aromatic nitrogens is 2.